The van der Waals surface area contributed by atoms with Crippen LogP contribution < -0.4 is 9.62 Å². The summed E-state index contributed by atoms with van der Waals surface area (Å²) >= 11 is 0. The van der Waals surface area contributed by atoms with Crippen molar-refractivity contribution in [3.63, 3.8) is 0 Å². The molecule has 7 heteroatoms. The molecular weight excluding hydrogens is 379 g/mol. The molecule has 2 aromatic rings. The number of carbonyl (C=O) groups is 1. The lowest BCUT2D eigenvalue weighted by molar-refractivity contribution is -0.120. The molecule has 4 rings (SSSR count). The zero-order valence-electron chi connectivity index (χ0n) is 15.4. The smallest absolute Gasteiger partial charge is 0.264 e. The maximum Gasteiger partial charge on any atom is 0.264 e. The van der Waals surface area contributed by atoms with Crippen molar-refractivity contribution in [1.82, 2.24) is 5.32 Å². The predicted octanol–water partition coefficient (Wildman–Crippen LogP) is 3.33. The molecule has 5 nitrogen and oxygen atoms in total. The molecule has 0 radical (unpaired) electrons. The van der Waals surface area contributed by atoms with Crippen LogP contribution in [0.15, 0.2) is 59.5 Å². The van der Waals surface area contributed by atoms with Gasteiger partial charge in [-0.2, -0.15) is 0 Å². The highest BCUT2D eigenvalue weighted by atomic mass is 32.2. The topological polar surface area (TPSA) is 66.5 Å². The molecule has 2 aliphatic rings. The second-order valence-electron chi connectivity index (χ2n) is 7.63. The highest BCUT2D eigenvalue weighted by Gasteiger charge is 2.40. The first-order valence-corrected chi connectivity index (χ1v) is 11.0. The minimum atomic E-state index is -4.08. The Balaban J connectivity index is 1.60. The molecule has 2 fully saturated rings. The summed E-state index contributed by atoms with van der Waals surface area (Å²) < 4.78 is 41.6. The first kappa shape index (κ1) is 18.9. The summed E-state index contributed by atoms with van der Waals surface area (Å²) in [7, 11) is -4.08. The van der Waals surface area contributed by atoms with E-state index in [0.29, 0.717) is 11.8 Å². The van der Waals surface area contributed by atoms with E-state index >= 15 is 0 Å². The molecule has 148 valence electrons. The first-order chi connectivity index (χ1) is 13.4. The summed E-state index contributed by atoms with van der Waals surface area (Å²) in [6.07, 6.45) is 4.39. The van der Waals surface area contributed by atoms with Gasteiger partial charge in [-0.25, -0.2) is 12.8 Å². The number of hydrogen-bond donors (Lipinski definition) is 1. The minimum absolute atomic E-state index is 0.0194. The van der Waals surface area contributed by atoms with Crippen LogP contribution >= 0.6 is 0 Å². The molecule has 3 unspecified atom stereocenters. The molecule has 28 heavy (non-hydrogen) atoms. The Morgan fingerprint density at radius 3 is 2.39 bits per heavy atom. The second-order valence-corrected chi connectivity index (χ2v) is 9.49. The third kappa shape index (κ3) is 3.63. The molecule has 0 aromatic heterocycles. The van der Waals surface area contributed by atoms with Crippen molar-refractivity contribution in [2.24, 2.45) is 11.8 Å². The summed E-state index contributed by atoms with van der Waals surface area (Å²) in [4.78, 5) is 12.7. The number of anilines is 1. The molecule has 2 saturated carbocycles. The van der Waals surface area contributed by atoms with E-state index in [2.05, 4.69) is 5.32 Å². The fourth-order valence-corrected chi connectivity index (χ4v) is 5.93. The lowest BCUT2D eigenvalue weighted by atomic mass is 9.95. The third-order valence-corrected chi connectivity index (χ3v) is 7.60. The number of rotatable bonds is 6. The lowest BCUT2D eigenvalue weighted by Crippen LogP contribution is -2.46. The highest BCUT2D eigenvalue weighted by Crippen LogP contribution is 2.44. The number of nitrogens with zero attached hydrogens (tertiary/aromatic N) is 1. The van der Waals surface area contributed by atoms with Gasteiger partial charge in [0.25, 0.3) is 10.0 Å². The average molecular weight is 402 g/mol. The Kier molecular flexibility index (Phi) is 5.10. The molecule has 0 spiro atoms. The number of para-hydroxylation sites is 1. The number of amides is 1. The molecule has 2 aliphatic carbocycles. The molecule has 0 aliphatic heterocycles. The summed E-state index contributed by atoms with van der Waals surface area (Å²) in [6.45, 7) is -0.452. The fraction of sp³-hybridized carbons (Fsp3) is 0.381. The molecule has 1 N–H and O–H groups in total. The Morgan fingerprint density at radius 2 is 1.75 bits per heavy atom. The van der Waals surface area contributed by atoms with Gasteiger partial charge in [-0.1, -0.05) is 36.8 Å². The fourth-order valence-electron chi connectivity index (χ4n) is 4.48. The van der Waals surface area contributed by atoms with Crippen LogP contribution in [-0.4, -0.2) is 26.9 Å². The largest absolute Gasteiger partial charge is 0.352 e. The zero-order valence-corrected chi connectivity index (χ0v) is 16.2. The number of fused-ring (bicyclic) bond motifs is 2. The third-order valence-electron chi connectivity index (χ3n) is 5.82. The highest BCUT2D eigenvalue weighted by molar-refractivity contribution is 7.92. The standard InChI is InChI=1S/C21H23FN2O3S/c22-18-8-4-5-9-20(18)24(28(26,27)17-6-2-1-3-7-17)14-21(25)23-19-13-15-10-11-16(19)12-15/h1-9,15-16,19H,10-14H2,(H,23,25). The minimum Gasteiger partial charge on any atom is -0.352 e. The molecule has 3 atom stereocenters. The Hall–Kier alpha value is -2.41. The van der Waals surface area contributed by atoms with Crippen LogP contribution in [0.4, 0.5) is 10.1 Å². The SMILES string of the molecule is O=C(CN(c1ccccc1F)S(=O)(=O)c1ccccc1)NC1CC2CCC1C2. The van der Waals surface area contributed by atoms with Crippen LogP contribution in [0, 0.1) is 17.7 Å². The Labute approximate surface area is 164 Å². The number of benzene rings is 2. The normalized spacial score (nSPS) is 23.5. The van der Waals surface area contributed by atoms with Crippen LogP contribution in [0.25, 0.3) is 0 Å². The van der Waals surface area contributed by atoms with E-state index in [9.17, 15) is 17.6 Å². The van der Waals surface area contributed by atoms with Crippen molar-refractivity contribution >= 4 is 21.6 Å². The van der Waals surface area contributed by atoms with Gasteiger partial charge >= 0.3 is 0 Å². The summed E-state index contributed by atoms with van der Waals surface area (Å²) in [6, 6.07) is 13.5. The Bertz CT molecular complexity index is 965. The van der Waals surface area contributed by atoms with E-state index in [1.165, 1.54) is 36.8 Å². The Morgan fingerprint density at radius 1 is 1.04 bits per heavy atom. The maximum absolute atomic E-state index is 14.4. The number of halogens is 1. The van der Waals surface area contributed by atoms with Crippen LogP contribution in [-0.2, 0) is 14.8 Å². The molecule has 0 heterocycles. The van der Waals surface area contributed by atoms with Crippen LogP contribution in [0.2, 0.25) is 0 Å². The quantitative estimate of drug-likeness (QED) is 0.806. The lowest BCUT2D eigenvalue weighted by Gasteiger charge is -2.27. The van der Waals surface area contributed by atoms with Gasteiger partial charge < -0.3 is 5.32 Å². The monoisotopic (exact) mass is 402 g/mol. The van der Waals surface area contributed by atoms with Crippen LogP contribution in [0.3, 0.4) is 0 Å². The van der Waals surface area contributed by atoms with Crippen molar-refractivity contribution in [3.05, 3.63) is 60.4 Å². The number of sulfonamides is 1. The molecule has 0 saturated heterocycles. The van der Waals surface area contributed by atoms with E-state index in [1.807, 2.05) is 0 Å². The van der Waals surface area contributed by atoms with Gasteiger partial charge in [0.2, 0.25) is 5.91 Å². The summed E-state index contributed by atoms with van der Waals surface area (Å²) in [5.74, 6) is 0.0441. The van der Waals surface area contributed by atoms with Gasteiger partial charge in [-0.05, 0) is 55.4 Å². The summed E-state index contributed by atoms with van der Waals surface area (Å²) in [5.41, 5.74) is -0.130. The second kappa shape index (κ2) is 7.54. The van der Waals surface area contributed by atoms with Crippen molar-refractivity contribution in [2.75, 3.05) is 10.8 Å². The molecule has 2 aromatic carbocycles. The van der Waals surface area contributed by atoms with Gasteiger partial charge in [-0.15, -0.1) is 0 Å². The molecule has 1 amide bonds. The predicted molar refractivity (Wildman–Crippen MR) is 105 cm³/mol. The van der Waals surface area contributed by atoms with Crippen LogP contribution in [0.1, 0.15) is 25.7 Å². The maximum atomic E-state index is 14.4. The number of carbonyl (C=O) groups excluding carboxylic acids is 1. The van der Waals surface area contributed by atoms with E-state index in [-0.39, 0.29) is 16.6 Å². The van der Waals surface area contributed by atoms with E-state index in [1.54, 1.807) is 24.3 Å². The van der Waals surface area contributed by atoms with Crippen molar-refractivity contribution in [3.8, 4) is 0 Å². The number of nitrogens with one attached hydrogen (secondary N) is 1. The van der Waals surface area contributed by atoms with Crippen LogP contribution in [0.5, 0.6) is 0 Å². The van der Waals surface area contributed by atoms with E-state index in [0.717, 1.165) is 23.6 Å². The van der Waals surface area contributed by atoms with E-state index < -0.39 is 28.3 Å². The summed E-state index contributed by atoms with van der Waals surface area (Å²) in [5, 5.41) is 2.99. The van der Waals surface area contributed by atoms with Gasteiger partial charge in [0, 0.05) is 6.04 Å². The zero-order chi connectivity index (χ0) is 19.7. The average Bonchev–Trinajstić information content (AvgIpc) is 3.30. The molecule has 2 bridgehead atoms. The van der Waals surface area contributed by atoms with Gasteiger partial charge in [-0.3, -0.25) is 9.10 Å². The van der Waals surface area contributed by atoms with Gasteiger partial charge in [0.1, 0.15) is 12.4 Å². The van der Waals surface area contributed by atoms with Gasteiger partial charge in [0.15, 0.2) is 0 Å². The first-order valence-electron chi connectivity index (χ1n) is 9.57. The van der Waals surface area contributed by atoms with Crippen molar-refractivity contribution < 1.29 is 17.6 Å². The van der Waals surface area contributed by atoms with Crippen molar-refractivity contribution in [2.45, 2.75) is 36.6 Å². The molecular formula is C21H23FN2O3S. The van der Waals surface area contributed by atoms with Crippen molar-refractivity contribution in [1.29, 1.82) is 0 Å². The van der Waals surface area contributed by atoms with Gasteiger partial charge in [0.05, 0.1) is 10.6 Å². The van der Waals surface area contributed by atoms with E-state index in [4.69, 9.17) is 0 Å². The number of hydrogen-bond acceptors (Lipinski definition) is 3.